The van der Waals surface area contributed by atoms with Crippen molar-refractivity contribution in [3.05, 3.63) is 65.7 Å². The smallest absolute Gasteiger partial charge is 0.254 e. The van der Waals surface area contributed by atoms with E-state index < -0.39 is 0 Å². The highest BCUT2D eigenvalue weighted by Crippen LogP contribution is 2.16. The first kappa shape index (κ1) is 16.0. The molecule has 4 nitrogen and oxygen atoms in total. The Kier molecular flexibility index (Phi) is 5.55. The zero-order valence-electron chi connectivity index (χ0n) is 13.1. The van der Waals surface area contributed by atoms with Gasteiger partial charge in [0.25, 0.3) is 5.91 Å². The molecule has 0 fully saturated rings. The van der Waals surface area contributed by atoms with Gasteiger partial charge in [-0.25, -0.2) is 0 Å². The Balaban J connectivity index is 2.20. The molecule has 1 N–H and O–H groups in total. The van der Waals surface area contributed by atoms with E-state index in [0.717, 1.165) is 11.3 Å². The molecular formula is C18H22N2O2. The Hall–Kier alpha value is -2.33. The molecule has 0 aliphatic rings. The van der Waals surface area contributed by atoms with Crippen LogP contribution >= 0.6 is 0 Å². The molecule has 2 rings (SSSR count). The molecular weight excluding hydrogens is 276 g/mol. The van der Waals surface area contributed by atoms with Crippen LogP contribution in [0.4, 0.5) is 5.69 Å². The number of nitrogens with zero attached hydrogens (tertiary/aromatic N) is 2. The van der Waals surface area contributed by atoms with Crippen molar-refractivity contribution >= 4 is 11.6 Å². The molecule has 0 atom stereocenters. The van der Waals surface area contributed by atoms with Gasteiger partial charge in [0.2, 0.25) is 0 Å². The number of anilines is 1. The van der Waals surface area contributed by atoms with E-state index in [1.165, 1.54) is 0 Å². The second kappa shape index (κ2) is 7.61. The maximum absolute atomic E-state index is 12.7. The van der Waals surface area contributed by atoms with Crippen molar-refractivity contribution in [1.29, 1.82) is 0 Å². The Morgan fingerprint density at radius 1 is 1.05 bits per heavy atom. The second-order valence-corrected chi connectivity index (χ2v) is 5.38. The monoisotopic (exact) mass is 298 g/mol. The molecule has 0 aliphatic carbocycles. The molecule has 4 heteroatoms. The third-order valence-corrected chi connectivity index (χ3v) is 3.48. The van der Waals surface area contributed by atoms with Gasteiger partial charge >= 0.3 is 0 Å². The lowest BCUT2D eigenvalue weighted by Gasteiger charge is -2.23. The first-order chi connectivity index (χ1) is 10.6. The summed E-state index contributed by atoms with van der Waals surface area (Å²) in [5.74, 6) is -0.0680. The predicted octanol–water partition coefficient (Wildman–Crippen LogP) is 2.39. The fourth-order valence-corrected chi connectivity index (χ4v) is 2.28. The van der Waals surface area contributed by atoms with E-state index in [1.807, 2.05) is 73.6 Å². The number of hydrogen-bond acceptors (Lipinski definition) is 3. The van der Waals surface area contributed by atoms with Gasteiger partial charge in [0, 0.05) is 38.4 Å². The highest BCUT2D eigenvalue weighted by Gasteiger charge is 2.16. The van der Waals surface area contributed by atoms with Gasteiger partial charge in [-0.15, -0.1) is 0 Å². The third-order valence-electron chi connectivity index (χ3n) is 3.48. The largest absolute Gasteiger partial charge is 0.395 e. The van der Waals surface area contributed by atoms with Crippen LogP contribution in [0.25, 0.3) is 0 Å². The molecule has 116 valence electrons. The Morgan fingerprint density at radius 2 is 1.77 bits per heavy atom. The summed E-state index contributed by atoms with van der Waals surface area (Å²) < 4.78 is 0. The van der Waals surface area contributed by atoms with Crippen LogP contribution in [0.2, 0.25) is 0 Å². The van der Waals surface area contributed by atoms with Gasteiger partial charge < -0.3 is 14.9 Å². The summed E-state index contributed by atoms with van der Waals surface area (Å²) >= 11 is 0. The standard InChI is InChI=1S/C18H22N2O2/c1-19(2)17-10-6-9-16(13-17)18(22)20(11-12-21)14-15-7-4-3-5-8-15/h3-10,13,21H,11-12,14H2,1-2H3. The van der Waals surface area contributed by atoms with Crippen LogP contribution in [-0.2, 0) is 6.54 Å². The lowest BCUT2D eigenvalue weighted by atomic mass is 10.1. The minimum Gasteiger partial charge on any atom is -0.395 e. The molecule has 0 unspecified atom stereocenters. The normalized spacial score (nSPS) is 10.3. The van der Waals surface area contributed by atoms with Crippen LogP contribution in [0.15, 0.2) is 54.6 Å². The van der Waals surface area contributed by atoms with Gasteiger partial charge in [-0.1, -0.05) is 36.4 Å². The van der Waals surface area contributed by atoms with Gasteiger partial charge in [-0.2, -0.15) is 0 Å². The van der Waals surface area contributed by atoms with Gasteiger partial charge in [0.1, 0.15) is 0 Å². The molecule has 0 bridgehead atoms. The summed E-state index contributed by atoms with van der Waals surface area (Å²) in [5, 5.41) is 9.25. The zero-order chi connectivity index (χ0) is 15.9. The number of hydrogen-bond donors (Lipinski definition) is 1. The van der Waals surface area contributed by atoms with Crippen LogP contribution in [0.5, 0.6) is 0 Å². The van der Waals surface area contributed by atoms with E-state index in [4.69, 9.17) is 0 Å². The molecule has 0 saturated heterocycles. The van der Waals surface area contributed by atoms with Crippen molar-refractivity contribution < 1.29 is 9.90 Å². The van der Waals surface area contributed by atoms with E-state index in [9.17, 15) is 9.90 Å². The number of carbonyl (C=O) groups excluding carboxylic acids is 1. The van der Waals surface area contributed by atoms with Crippen LogP contribution in [0.1, 0.15) is 15.9 Å². The predicted molar refractivity (Wildman–Crippen MR) is 89.0 cm³/mol. The van der Waals surface area contributed by atoms with E-state index in [-0.39, 0.29) is 12.5 Å². The Labute approximate surface area is 131 Å². The van der Waals surface area contributed by atoms with E-state index in [0.29, 0.717) is 18.7 Å². The van der Waals surface area contributed by atoms with Crippen LogP contribution in [-0.4, -0.2) is 43.2 Å². The summed E-state index contributed by atoms with van der Waals surface area (Å²) in [6.45, 7) is 0.762. The molecule has 2 aromatic carbocycles. The van der Waals surface area contributed by atoms with E-state index in [1.54, 1.807) is 4.90 Å². The first-order valence-corrected chi connectivity index (χ1v) is 7.33. The fraction of sp³-hybridized carbons (Fsp3) is 0.278. The molecule has 1 amide bonds. The Morgan fingerprint density at radius 3 is 2.41 bits per heavy atom. The highest BCUT2D eigenvalue weighted by molar-refractivity contribution is 5.95. The maximum atomic E-state index is 12.7. The van der Waals surface area contributed by atoms with Gasteiger partial charge in [0.05, 0.1) is 6.61 Å². The fourth-order valence-electron chi connectivity index (χ4n) is 2.28. The molecule has 0 saturated carbocycles. The maximum Gasteiger partial charge on any atom is 0.254 e. The van der Waals surface area contributed by atoms with E-state index >= 15 is 0 Å². The number of amides is 1. The average Bonchev–Trinajstić information content (AvgIpc) is 2.55. The van der Waals surface area contributed by atoms with Crippen molar-refractivity contribution in [2.24, 2.45) is 0 Å². The topological polar surface area (TPSA) is 43.8 Å². The van der Waals surface area contributed by atoms with Crippen molar-refractivity contribution in [2.45, 2.75) is 6.54 Å². The summed E-state index contributed by atoms with van der Waals surface area (Å²) in [4.78, 5) is 16.3. The van der Waals surface area contributed by atoms with Crippen LogP contribution in [0, 0.1) is 0 Å². The molecule has 0 aromatic heterocycles. The first-order valence-electron chi connectivity index (χ1n) is 7.33. The van der Waals surface area contributed by atoms with Gasteiger partial charge in [-0.3, -0.25) is 4.79 Å². The summed E-state index contributed by atoms with van der Waals surface area (Å²) in [7, 11) is 3.89. The van der Waals surface area contributed by atoms with Crippen molar-refractivity contribution in [2.75, 3.05) is 32.1 Å². The summed E-state index contributed by atoms with van der Waals surface area (Å²) in [5.41, 5.74) is 2.66. The number of benzene rings is 2. The second-order valence-electron chi connectivity index (χ2n) is 5.38. The lowest BCUT2D eigenvalue weighted by Crippen LogP contribution is -2.33. The Bertz CT molecular complexity index is 611. The van der Waals surface area contributed by atoms with Gasteiger partial charge in [0.15, 0.2) is 0 Å². The van der Waals surface area contributed by atoms with Crippen LogP contribution in [0.3, 0.4) is 0 Å². The van der Waals surface area contributed by atoms with Crippen LogP contribution < -0.4 is 4.90 Å². The number of aliphatic hydroxyl groups is 1. The molecule has 2 aromatic rings. The minimum absolute atomic E-state index is 0.0497. The molecule has 0 radical (unpaired) electrons. The van der Waals surface area contributed by atoms with E-state index in [2.05, 4.69) is 0 Å². The number of rotatable bonds is 6. The van der Waals surface area contributed by atoms with Crippen molar-refractivity contribution in [1.82, 2.24) is 4.90 Å². The van der Waals surface area contributed by atoms with Crippen molar-refractivity contribution in [3.63, 3.8) is 0 Å². The number of carbonyl (C=O) groups is 1. The molecule has 0 heterocycles. The SMILES string of the molecule is CN(C)c1cccc(C(=O)N(CCO)Cc2ccccc2)c1. The average molecular weight is 298 g/mol. The third kappa shape index (κ3) is 4.09. The lowest BCUT2D eigenvalue weighted by molar-refractivity contribution is 0.0708. The van der Waals surface area contributed by atoms with Gasteiger partial charge in [-0.05, 0) is 23.8 Å². The summed E-state index contributed by atoms with van der Waals surface area (Å²) in [6.07, 6.45) is 0. The summed E-state index contributed by atoms with van der Waals surface area (Å²) in [6, 6.07) is 17.3. The molecule has 0 aliphatic heterocycles. The highest BCUT2D eigenvalue weighted by atomic mass is 16.3. The minimum atomic E-state index is -0.0680. The quantitative estimate of drug-likeness (QED) is 0.890. The number of aliphatic hydroxyl groups excluding tert-OH is 1. The van der Waals surface area contributed by atoms with Crippen molar-refractivity contribution in [3.8, 4) is 0 Å². The molecule has 0 spiro atoms. The zero-order valence-corrected chi connectivity index (χ0v) is 13.1. The molecule has 22 heavy (non-hydrogen) atoms.